The molecule has 0 bridgehead atoms. The Balaban J connectivity index is 1.58. The number of aromatic nitrogens is 3. The van der Waals surface area contributed by atoms with Crippen molar-refractivity contribution in [2.24, 2.45) is 0 Å². The maximum Gasteiger partial charge on any atom is 0.223 e. The topological polar surface area (TPSA) is 83.0 Å². The highest BCUT2D eigenvalue weighted by Crippen LogP contribution is 2.30. The maximum atomic E-state index is 15.1. The average Bonchev–Trinajstić information content (AvgIpc) is 2.87. The summed E-state index contributed by atoms with van der Waals surface area (Å²) >= 11 is 0. The number of hydrogen-bond acceptors (Lipinski definition) is 6. The monoisotopic (exact) mass is 552 g/mol. The van der Waals surface area contributed by atoms with Gasteiger partial charge in [-0.2, -0.15) is 0 Å². The molecule has 0 aliphatic rings. The van der Waals surface area contributed by atoms with E-state index in [1.54, 1.807) is 23.2 Å². The molecule has 0 aliphatic heterocycles. The molecule has 39 heavy (non-hydrogen) atoms. The lowest BCUT2D eigenvalue weighted by Crippen LogP contribution is -2.28. The Morgan fingerprint density at radius 3 is 2.49 bits per heavy atom. The average molecular weight is 553 g/mol. The first-order chi connectivity index (χ1) is 18.5. The molecule has 0 radical (unpaired) electrons. The molecule has 0 saturated heterocycles. The minimum atomic E-state index is -2.81. The minimum Gasteiger partial charge on any atom is -0.351 e. The molecular weight excluding hydrogens is 518 g/mol. The molecule has 2 N–H and O–H groups in total. The molecule has 0 saturated carbocycles. The number of nitrogens with zero attached hydrogens (tertiary/aromatic N) is 4. The summed E-state index contributed by atoms with van der Waals surface area (Å²) in [7, 11) is 0.827. The van der Waals surface area contributed by atoms with Crippen LogP contribution in [0.4, 0.5) is 20.4 Å². The Hall–Kier alpha value is -3.63. The van der Waals surface area contributed by atoms with E-state index in [1.807, 2.05) is 64.3 Å². The van der Waals surface area contributed by atoms with Crippen LogP contribution in [0.2, 0.25) is 0 Å². The number of anilines is 2. The van der Waals surface area contributed by atoms with E-state index in [0.717, 1.165) is 11.1 Å². The lowest BCUT2D eigenvalue weighted by molar-refractivity contribution is 0.257. The fraction of sp³-hybridized carbons (Fsp3) is 0.310. The Morgan fingerprint density at radius 2 is 1.82 bits per heavy atom. The number of nitrogens with one attached hydrogen (secondary N) is 2. The van der Waals surface area contributed by atoms with E-state index in [0.29, 0.717) is 34.8 Å². The zero-order chi connectivity index (χ0) is 28.2. The van der Waals surface area contributed by atoms with E-state index in [-0.39, 0.29) is 23.9 Å². The first kappa shape index (κ1) is 28.4. The van der Waals surface area contributed by atoms with Gasteiger partial charge in [0.2, 0.25) is 5.95 Å². The zero-order valence-electron chi connectivity index (χ0n) is 22.6. The van der Waals surface area contributed by atoms with Gasteiger partial charge in [0.1, 0.15) is 17.5 Å². The zero-order valence-corrected chi connectivity index (χ0v) is 23.4. The van der Waals surface area contributed by atoms with E-state index in [9.17, 15) is 8.60 Å². The first-order valence-electron chi connectivity index (χ1n) is 12.7. The highest BCUT2D eigenvalue weighted by Gasteiger charge is 2.16. The molecule has 2 unspecified atom stereocenters. The Morgan fingerprint density at radius 1 is 1.08 bits per heavy atom. The molecule has 0 amide bonds. The third kappa shape index (κ3) is 7.48. The summed E-state index contributed by atoms with van der Waals surface area (Å²) in [5.41, 5.74) is 4.21. The van der Waals surface area contributed by atoms with Gasteiger partial charge < -0.3 is 14.9 Å². The fourth-order valence-electron chi connectivity index (χ4n) is 4.22. The third-order valence-corrected chi connectivity index (χ3v) is 7.44. The Bertz CT molecular complexity index is 1540. The summed E-state index contributed by atoms with van der Waals surface area (Å²) in [5, 5.41) is 2.96. The number of rotatable bonds is 11. The largest absolute Gasteiger partial charge is 0.351 e. The quantitative estimate of drug-likeness (QED) is 0.239. The van der Waals surface area contributed by atoms with E-state index in [1.165, 1.54) is 6.07 Å². The molecule has 2 heterocycles. The van der Waals surface area contributed by atoms with Crippen molar-refractivity contribution < 1.29 is 13.0 Å². The van der Waals surface area contributed by atoms with E-state index in [2.05, 4.69) is 30.9 Å². The number of pyridine rings is 1. The van der Waals surface area contributed by atoms with Crippen LogP contribution in [0, 0.1) is 5.82 Å². The predicted molar refractivity (Wildman–Crippen MR) is 158 cm³/mol. The van der Waals surface area contributed by atoms with Gasteiger partial charge in [-0.15, -0.1) is 0 Å². The molecule has 0 fully saturated rings. The molecule has 2 atom stereocenters. The van der Waals surface area contributed by atoms with Crippen LogP contribution in [-0.4, -0.2) is 63.3 Å². The second kappa shape index (κ2) is 12.0. The van der Waals surface area contributed by atoms with Crippen LogP contribution in [0.15, 0.2) is 60.8 Å². The molecule has 7 nitrogen and oxygen atoms in total. The summed E-state index contributed by atoms with van der Waals surface area (Å²) in [6.45, 7) is 4.46. The van der Waals surface area contributed by atoms with Gasteiger partial charge >= 0.3 is 0 Å². The van der Waals surface area contributed by atoms with Gasteiger partial charge in [-0.25, -0.2) is 27.9 Å². The van der Waals surface area contributed by atoms with Crippen molar-refractivity contribution in [1.29, 1.82) is 0 Å². The standard InChI is InChI=1S/C29H34F2N6OS/c1-19(2)23-14-26(34-27-16-33-29(35-28(23)27)32-15-22(30)17-37(3)4)21-11-12-25(24(31)13-21)36-39(5,38)18-20-9-7-6-8-10-20/h6-14,16,19,22H,5,15,17-18H2,1-4H3,(H,36,38)(H,32,33,35). The lowest BCUT2D eigenvalue weighted by Gasteiger charge is -2.16. The predicted octanol–water partition coefficient (Wildman–Crippen LogP) is 5.51. The summed E-state index contributed by atoms with van der Waals surface area (Å²) in [4.78, 5) is 15.4. The SMILES string of the molecule is C=S(=O)(Cc1ccccc1)Nc1ccc(-c2cc(C(C)C)c3nc(NCC(F)CN(C)C)ncc3n2)cc1F. The van der Waals surface area contributed by atoms with Crippen LogP contribution >= 0.6 is 0 Å². The third-order valence-electron chi connectivity index (χ3n) is 6.05. The summed E-state index contributed by atoms with van der Waals surface area (Å²) < 4.78 is 45.1. The van der Waals surface area contributed by atoms with Crippen LogP contribution in [-0.2, 0) is 15.5 Å². The maximum absolute atomic E-state index is 15.1. The molecule has 4 rings (SSSR count). The Kier molecular flexibility index (Phi) is 8.76. The van der Waals surface area contributed by atoms with Crippen LogP contribution in [0.25, 0.3) is 22.3 Å². The molecule has 10 heteroatoms. The van der Waals surface area contributed by atoms with Crippen molar-refractivity contribution in [2.75, 3.05) is 37.2 Å². The van der Waals surface area contributed by atoms with E-state index >= 15 is 4.39 Å². The smallest absolute Gasteiger partial charge is 0.223 e. The number of benzene rings is 2. The fourth-order valence-corrected chi connectivity index (χ4v) is 5.59. The molecule has 4 aromatic rings. The molecule has 206 valence electrons. The van der Waals surface area contributed by atoms with Gasteiger partial charge in [-0.1, -0.05) is 50.2 Å². The van der Waals surface area contributed by atoms with Gasteiger partial charge in [0, 0.05) is 21.8 Å². The highest BCUT2D eigenvalue weighted by molar-refractivity contribution is 8.00. The molecule has 0 aliphatic carbocycles. The van der Waals surface area contributed by atoms with Crippen molar-refractivity contribution in [3.05, 3.63) is 77.7 Å². The molecule has 2 aromatic carbocycles. The second-order valence-electron chi connectivity index (χ2n) is 10.2. The lowest BCUT2D eigenvalue weighted by atomic mass is 9.99. The number of alkyl halides is 1. The van der Waals surface area contributed by atoms with Crippen LogP contribution < -0.4 is 10.0 Å². The van der Waals surface area contributed by atoms with Gasteiger partial charge in [-0.05, 0) is 55.2 Å². The Labute approximate surface area is 228 Å². The summed E-state index contributed by atoms with van der Waals surface area (Å²) in [5.74, 6) is 3.83. The van der Waals surface area contributed by atoms with E-state index in [4.69, 9.17) is 0 Å². The summed E-state index contributed by atoms with van der Waals surface area (Å²) in [6, 6.07) is 15.8. The van der Waals surface area contributed by atoms with Crippen molar-refractivity contribution in [3.8, 4) is 11.3 Å². The van der Waals surface area contributed by atoms with Crippen molar-refractivity contribution >= 4 is 38.2 Å². The van der Waals surface area contributed by atoms with Crippen molar-refractivity contribution in [2.45, 2.75) is 31.7 Å². The molecule has 0 spiro atoms. The highest BCUT2D eigenvalue weighted by atomic mass is 32.2. The van der Waals surface area contributed by atoms with Crippen molar-refractivity contribution in [1.82, 2.24) is 19.9 Å². The van der Waals surface area contributed by atoms with E-state index < -0.39 is 21.7 Å². The van der Waals surface area contributed by atoms with Crippen molar-refractivity contribution in [3.63, 3.8) is 0 Å². The number of hydrogen-bond donors (Lipinski definition) is 2. The second-order valence-corrected chi connectivity index (χ2v) is 12.3. The molecule has 2 aromatic heterocycles. The van der Waals surface area contributed by atoms with Gasteiger partial charge in [0.05, 0.1) is 35.4 Å². The van der Waals surface area contributed by atoms with Crippen LogP contribution in [0.1, 0.15) is 30.9 Å². The van der Waals surface area contributed by atoms with Crippen LogP contribution in [0.3, 0.4) is 0 Å². The first-order valence-corrected chi connectivity index (χ1v) is 14.6. The minimum absolute atomic E-state index is 0.0941. The van der Waals surface area contributed by atoms with Gasteiger partial charge in [0.15, 0.2) is 0 Å². The normalized spacial score (nSPS) is 13.9. The van der Waals surface area contributed by atoms with Gasteiger partial charge in [0.25, 0.3) is 0 Å². The number of fused-ring (bicyclic) bond motifs is 1. The molecular formula is C29H34F2N6OS. The van der Waals surface area contributed by atoms with Crippen LogP contribution in [0.5, 0.6) is 0 Å². The van der Waals surface area contributed by atoms with Gasteiger partial charge in [-0.3, -0.25) is 0 Å². The summed E-state index contributed by atoms with van der Waals surface area (Å²) in [6.07, 6.45) is 0.527. The number of halogens is 2.